The summed E-state index contributed by atoms with van der Waals surface area (Å²) in [5, 5.41) is 17.1. The van der Waals surface area contributed by atoms with Gasteiger partial charge in [-0.15, -0.1) is 0 Å². The van der Waals surface area contributed by atoms with E-state index < -0.39 is 54.1 Å². The Labute approximate surface area is 508 Å². The molecule has 2 aliphatic carbocycles. The highest BCUT2D eigenvalue weighted by molar-refractivity contribution is 5.94. The van der Waals surface area contributed by atoms with Crippen LogP contribution in [0.15, 0.2) is 137 Å². The van der Waals surface area contributed by atoms with E-state index in [0.717, 1.165) is 50.1 Å². The maximum atomic E-state index is 13.0. The van der Waals surface area contributed by atoms with Gasteiger partial charge < -0.3 is 33.5 Å². The van der Waals surface area contributed by atoms with Crippen molar-refractivity contribution in [2.24, 2.45) is 9.98 Å². The van der Waals surface area contributed by atoms with E-state index in [1.165, 1.54) is 16.9 Å². The number of carboxylic acids is 1. The van der Waals surface area contributed by atoms with Crippen molar-refractivity contribution in [3.8, 4) is 22.3 Å². The second-order valence-electron chi connectivity index (χ2n) is 22.1. The van der Waals surface area contributed by atoms with Gasteiger partial charge in [0.25, 0.3) is 0 Å². The normalized spacial score (nSPS) is 12.5. The fraction of sp³-hybridized carbons (Fsp3) is 0.400. The van der Waals surface area contributed by atoms with Crippen molar-refractivity contribution in [3.05, 3.63) is 155 Å². The molecular weight excluding hydrogens is 1120 g/mol. The molecule has 5 aromatic rings. The van der Waals surface area contributed by atoms with E-state index >= 15 is 0 Å². The minimum atomic E-state index is -1.09. The number of nitrogens with zero attached hydrogens (tertiary/aromatic N) is 4. The van der Waals surface area contributed by atoms with Crippen LogP contribution in [0, 0.1) is 0 Å². The highest BCUT2D eigenvalue weighted by Crippen LogP contribution is 2.45. The van der Waals surface area contributed by atoms with Crippen molar-refractivity contribution in [2.75, 3.05) is 59.1 Å². The first-order valence-corrected chi connectivity index (χ1v) is 28.7. The zero-order valence-electron chi connectivity index (χ0n) is 51.3. The minimum absolute atomic E-state index is 0.0905. The summed E-state index contributed by atoms with van der Waals surface area (Å²) in [6.07, 6.45) is -1.67. The molecule has 22 nitrogen and oxygen atoms in total. The Bertz CT molecular complexity index is 3080. The second kappa shape index (κ2) is 34.1. The number of carbonyl (C=O) groups excluding carboxylic acids is 6. The molecule has 0 saturated heterocycles. The number of nitrogens with one attached hydrogen (secondary N) is 4. The van der Waals surface area contributed by atoms with Gasteiger partial charge in [0, 0.05) is 44.9 Å². The molecule has 5 N–H and O–H groups in total. The molecule has 0 heterocycles. The number of rotatable bonds is 21. The first kappa shape index (κ1) is 68.6. The van der Waals surface area contributed by atoms with E-state index in [2.05, 4.69) is 72.6 Å². The third-order valence-electron chi connectivity index (χ3n) is 12.7. The van der Waals surface area contributed by atoms with Crippen molar-refractivity contribution < 1.29 is 67.1 Å². The molecule has 0 radical (unpaired) electrons. The Balaban J connectivity index is 0.000000293. The molecule has 0 aliphatic heterocycles. The molecule has 5 aromatic carbocycles. The van der Waals surface area contributed by atoms with Crippen LogP contribution in [0.1, 0.15) is 122 Å². The molecule has 0 saturated carbocycles. The predicted molar refractivity (Wildman–Crippen MR) is 330 cm³/mol. The molecule has 2 aliphatic rings. The largest absolute Gasteiger partial charge is 0.480 e. The molecule has 0 spiro atoms. The lowest BCUT2D eigenvalue weighted by Gasteiger charge is -2.22. The van der Waals surface area contributed by atoms with Gasteiger partial charge >= 0.3 is 42.3 Å². The van der Waals surface area contributed by atoms with Gasteiger partial charge in [0.1, 0.15) is 55.8 Å². The Morgan fingerprint density at radius 1 is 0.494 bits per heavy atom. The number of aliphatic carboxylic acids is 1. The number of carbonyl (C=O) groups is 7. The van der Waals surface area contributed by atoms with Gasteiger partial charge in [-0.25, -0.2) is 29.2 Å². The average Bonchev–Trinajstić information content (AvgIpc) is 1.65. The predicted octanol–water partition coefficient (Wildman–Crippen LogP) is 10.5. The molecule has 0 atom stereocenters. The SMILES string of the molecule is CC(=NCCCN(CC(=O)O)NC(=O)OCC1c2ccccc2-c2ccccc21)NC(=O)OC(C)(C)C.CC(=NCCCN(CC(=O)OCc1ccccc1)NC(=O)OCC1c2ccccc2-c2ccccc21)NC(=O)OC(C)(C)C.CCOC(C)=O. The number of benzene rings is 5. The van der Waals surface area contributed by atoms with Crippen LogP contribution >= 0.6 is 0 Å². The lowest BCUT2D eigenvalue weighted by atomic mass is 9.98. The molecule has 0 bridgehead atoms. The third-order valence-corrected chi connectivity index (χ3v) is 12.7. The summed E-state index contributed by atoms with van der Waals surface area (Å²) in [6, 6.07) is 41.6. The Morgan fingerprint density at radius 3 is 1.21 bits per heavy atom. The first-order chi connectivity index (χ1) is 41.4. The Hall–Kier alpha value is -9.15. The summed E-state index contributed by atoms with van der Waals surface area (Å²) in [4.78, 5) is 91.6. The molecule has 4 amide bonds. The van der Waals surface area contributed by atoms with Crippen LogP contribution in [0.5, 0.6) is 0 Å². The summed E-state index contributed by atoms with van der Waals surface area (Å²) < 4.78 is 31.4. The van der Waals surface area contributed by atoms with E-state index in [9.17, 15) is 38.7 Å². The first-order valence-electron chi connectivity index (χ1n) is 28.7. The number of amides is 4. The number of esters is 2. The molecule has 87 heavy (non-hydrogen) atoms. The van der Waals surface area contributed by atoms with Crippen LogP contribution in [0.3, 0.4) is 0 Å². The smallest absolute Gasteiger partial charge is 0.421 e. The van der Waals surface area contributed by atoms with Crippen molar-refractivity contribution >= 4 is 54.0 Å². The van der Waals surface area contributed by atoms with Gasteiger partial charge in [0.2, 0.25) is 0 Å². The quantitative estimate of drug-likeness (QED) is 0.0114. The molecule has 466 valence electrons. The van der Waals surface area contributed by atoms with Crippen molar-refractivity contribution in [3.63, 3.8) is 0 Å². The summed E-state index contributed by atoms with van der Waals surface area (Å²) in [5.41, 5.74) is 13.7. The third kappa shape index (κ3) is 24.4. The number of hydrogen-bond acceptors (Lipinski definition) is 17. The lowest BCUT2D eigenvalue weighted by molar-refractivity contribution is -0.147. The van der Waals surface area contributed by atoms with E-state index in [1.54, 1.807) is 62.3 Å². The zero-order valence-corrected chi connectivity index (χ0v) is 51.3. The topological polar surface area (TPSA) is 274 Å². The monoisotopic (exact) mass is 1200 g/mol. The average molecular weight is 1200 g/mol. The molecule has 0 fully saturated rings. The van der Waals surface area contributed by atoms with Gasteiger partial charge in [-0.3, -0.25) is 45.9 Å². The fourth-order valence-electron chi connectivity index (χ4n) is 9.17. The summed E-state index contributed by atoms with van der Waals surface area (Å²) >= 11 is 0. The molecular formula is C65H82N8O14. The van der Waals surface area contributed by atoms with Gasteiger partial charge in [-0.1, -0.05) is 127 Å². The molecule has 0 unspecified atom stereocenters. The molecule has 0 aromatic heterocycles. The number of hydrogen-bond donors (Lipinski definition) is 5. The Morgan fingerprint density at radius 2 is 0.862 bits per heavy atom. The van der Waals surface area contributed by atoms with Gasteiger partial charge in [-0.05, 0) is 125 Å². The fourth-order valence-corrected chi connectivity index (χ4v) is 9.17. The van der Waals surface area contributed by atoms with Crippen molar-refractivity contribution in [1.82, 2.24) is 31.5 Å². The van der Waals surface area contributed by atoms with Crippen LogP contribution in [0.2, 0.25) is 0 Å². The van der Waals surface area contributed by atoms with Crippen LogP contribution in [0.4, 0.5) is 19.2 Å². The number of carboxylic acid groups (broad SMARTS) is 1. The van der Waals surface area contributed by atoms with Gasteiger partial charge in [-0.2, -0.15) is 0 Å². The van der Waals surface area contributed by atoms with Crippen LogP contribution in [-0.2, 0) is 49.4 Å². The van der Waals surface area contributed by atoms with Crippen LogP contribution in [0.25, 0.3) is 22.3 Å². The number of alkyl carbamates (subject to hydrolysis) is 2. The number of ether oxygens (including phenoxy) is 6. The number of amidine groups is 2. The van der Waals surface area contributed by atoms with E-state index in [-0.39, 0.29) is 57.3 Å². The number of hydrazine groups is 2. The van der Waals surface area contributed by atoms with Crippen LogP contribution < -0.4 is 21.5 Å². The number of fused-ring (bicyclic) bond motifs is 6. The lowest BCUT2D eigenvalue weighted by Crippen LogP contribution is -2.46. The van der Waals surface area contributed by atoms with Gasteiger partial charge in [0.15, 0.2) is 0 Å². The van der Waals surface area contributed by atoms with E-state index in [0.29, 0.717) is 44.2 Å². The highest BCUT2D eigenvalue weighted by Gasteiger charge is 2.31. The molecule has 7 rings (SSSR count). The van der Waals surface area contributed by atoms with Crippen molar-refractivity contribution in [1.29, 1.82) is 0 Å². The van der Waals surface area contributed by atoms with E-state index in [4.69, 9.17) is 23.7 Å². The molecule has 22 heteroatoms. The maximum absolute atomic E-state index is 13.0. The number of aliphatic imine (C=N–C) groups is 2. The zero-order chi connectivity index (χ0) is 63.5. The highest BCUT2D eigenvalue weighted by atomic mass is 16.6. The maximum Gasteiger partial charge on any atom is 0.421 e. The Kier molecular flexibility index (Phi) is 26.9. The van der Waals surface area contributed by atoms with E-state index in [1.807, 2.05) is 91.0 Å². The summed E-state index contributed by atoms with van der Waals surface area (Å²) in [7, 11) is 0. The van der Waals surface area contributed by atoms with Gasteiger partial charge in [0.05, 0.1) is 6.61 Å². The summed E-state index contributed by atoms with van der Waals surface area (Å²) in [5.74, 6) is -1.21. The second-order valence-corrected chi connectivity index (χ2v) is 22.1. The minimum Gasteiger partial charge on any atom is -0.480 e. The standard InChI is InChI=1S/C34H40N4O6.C27H34N4O6.C4H8O2/c1-24(36-32(40)44-34(2,3)4)35-19-12-20-38(21-31(39)42-22-25-13-6-5-7-14-25)37-33(41)43-23-30-28-17-10-8-15-26(28)27-16-9-11-18-29(27)30;1-18(29-25(34)37-27(2,3)4)28-14-9-15-31(16-24(32)33)30-26(35)36-17-23-21-12-7-5-10-19(21)20-11-6-8-13-22(20)23;1-3-6-4(2)5/h5-11,13-18,30H,12,19-23H2,1-4H3,(H,37,41)(H,35,36,40);5-8,10-13,23H,9,14-17H2,1-4H3,(H,30,35)(H,32,33)(H,28,29,34);3H2,1-2H3. The van der Waals surface area contributed by atoms with Crippen LogP contribution in [-0.4, -0.2) is 139 Å². The summed E-state index contributed by atoms with van der Waals surface area (Å²) in [6.45, 7) is 18.5. The van der Waals surface area contributed by atoms with Crippen molar-refractivity contribution in [2.45, 2.75) is 112 Å².